The van der Waals surface area contributed by atoms with Crippen molar-refractivity contribution in [3.63, 3.8) is 0 Å². The number of halogens is 2. The lowest BCUT2D eigenvalue weighted by Gasteiger charge is -2.34. The average molecular weight is 422 g/mol. The van der Waals surface area contributed by atoms with Gasteiger partial charge in [-0.1, -0.05) is 32.0 Å². The molecule has 8 heteroatoms. The molecule has 0 spiro atoms. The zero-order chi connectivity index (χ0) is 21.2. The Morgan fingerprint density at radius 2 is 1.66 bits per heavy atom. The summed E-state index contributed by atoms with van der Waals surface area (Å²) in [6.45, 7) is 4.57. The molecule has 1 saturated heterocycles. The highest BCUT2D eigenvalue weighted by atomic mass is 32.2. The topological polar surface area (TPSA) is 57.7 Å². The van der Waals surface area contributed by atoms with Gasteiger partial charge in [0.15, 0.2) is 11.6 Å². The van der Waals surface area contributed by atoms with Crippen molar-refractivity contribution in [2.24, 2.45) is 0 Å². The first kappa shape index (κ1) is 21.4. The van der Waals surface area contributed by atoms with Gasteiger partial charge in [0.2, 0.25) is 10.0 Å². The van der Waals surface area contributed by atoms with E-state index in [-0.39, 0.29) is 36.6 Å². The average Bonchev–Trinajstić information content (AvgIpc) is 2.74. The van der Waals surface area contributed by atoms with Gasteiger partial charge in [0.25, 0.3) is 5.91 Å². The third-order valence-electron chi connectivity index (χ3n) is 5.41. The zero-order valence-corrected chi connectivity index (χ0v) is 17.3. The minimum Gasteiger partial charge on any atom is -0.336 e. The van der Waals surface area contributed by atoms with Crippen molar-refractivity contribution >= 4 is 15.9 Å². The third kappa shape index (κ3) is 4.33. The van der Waals surface area contributed by atoms with E-state index < -0.39 is 27.6 Å². The molecule has 1 aliphatic rings. The summed E-state index contributed by atoms with van der Waals surface area (Å²) in [4.78, 5) is 14.0. The summed E-state index contributed by atoms with van der Waals surface area (Å²) in [6, 6.07) is 10.3. The molecule has 1 fully saturated rings. The molecule has 5 nitrogen and oxygen atoms in total. The van der Waals surface area contributed by atoms with Crippen molar-refractivity contribution in [2.45, 2.75) is 31.1 Å². The second-order valence-corrected chi connectivity index (χ2v) is 9.11. The first-order valence-electron chi connectivity index (χ1n) is 9.59. The van der Waals surface area contributed by atoms with Crippen LogP contribution in [-0.4, -0.2) is 49.7 Å². The van der Waals surface area contributed by atoms with Gasteiger partial charge in [-0.15, -0.1) is 0 Å². The van der Waals surface area contributed by atoms with Crippen molar-refractivity contribution in [1.29, 1.82) is 0 Å². The van der Waals surface area contributed by atoms with E-state index >= 15 is 0 Å². The van der Waals surface area contributed by atoms with Crippen molar-refractivity contribution < 1.29 is 22.0 Å². The number of piperazine rings is 1. The lowest BCUT2D eigenvalue weighted by atomic mass is 9.99. The van der Waals surface area contributed by atoms with E-state index in [4.69, 9.17) is 0 Å². The molecule has 1 aliphatic heterocycles. The van der Waals surface area contributed by atoms with Gasteiger partial charge < -0.3 is 4.90 Å². The second kappa shape index (κ2) is 8.59. The Bertz CT molecular complexity index is 985. The molecule has 2 aromatic rings. The van der Waals surface area contributed by atoms with Crippen LogP contribution in [0.3, 0.4) is 0 Å². The lowest BCUT2D eigenvalue weighted by molar-refractivity contribution is 0.0692. The summed E-state index contributed by atoms with van der Waals surface area (Å²) in [7, 11) is -3.68. The summed E-state index contributed by atoms with van der Waals surface area (Å²) >= 11 is 0. The van der Waals surface area contributed by atoms with Gasteiger partial charge in [0.1, 0.15) is 0 Å². The number of carbonyl (C=O) groups excluding carboxylic acids is 1. The van der Waals surface area contributed by atoms with Gasteiger partial charge in [-0.25, -0.2) is 17.2 Å². The monoisotopic (exact) mass is 422 g/mol. The van der Waals surface area contributed by atoms with E-state index in [9.17, 15) is 22.0 Å². The van der Waals surface area contributed by atoms with E-state index in [1.54, 1.807) is 12.1 Å². The van der Waals surface area contributed by atoms with Crippen LogP contribution in [-0.2, 0) is 10.0 Å². The predicted molar refractivity (Wildman–Crippen MR) is 106 cm³/mol. The van der Waals surface area contributed by atoms with Gasteiger partial charge in [0.05, 0.1) is 10.5 Å². The number of carbonyl (C=O) groups is 1. The first-order valence-corrected chi connectivity index (χ1v) is 11.0. The van der Waals surface area contributed by atoms with Gasteiger partial charge in [-0.2, -0.15) is 4.31 Å². The molecule has 1 atom stereocenters. The molecule has 2 aromatic carbocycles. The number of hydrogen-bond donors (Lipinski definition) is 0. The van der Waals surface area contributed by atoms with E-state index in [1.165, 1.54) is 21.3 Å². The van der Waals surface area contributed by atoms with Gasteiger partial charge >= 0.3 is 0 Å². The van der Waals surface area contributed by atoms with E-state index in [0.29, 0.717) is 5.92 Å². The van der Waals surface area contributed by atoms with Crippen molar-refractivity contribution in [2.75, 3.05) is 26.2 Å². The smallest absolute Gasteiger partial charge is 0.257 e. The van der Waals surface area contributed by atoms with Crippen molar-refractivity contribution in [3.05, 3.63) is 65.2 Å². The van der Waals surface area contributed by atoms with Crippen molar-refractivity contribution in [1.82, 2.24) is 9.21 Å². The van der Waals surface area contributed by atoms with E-state index in [0.717, 1.165) is 18.1 Å². The molecule has 3 rings (SSSR count). The van der Waals surface area contributed by atoms with Gasteiger partial charge in [-0.3, -0.25) is 4.79 Å². The molecule has 0 aliphatic carbocycles. The summed E-state index contributed by atoms with van der Waals surface area (Å²) in [5, 5.41) is 0. The van der Waals surface area contributed by atoms with Crippen LogP contribution in [0.4, 0.5) is 8.78 Å². The van der Waals surface area contributed by atoms with Crippen molar-refractivity contribution in [3.8, 4) is 0 Å². The van der Waals surface area contributed by atoms with E-state index in [1.807, 2.05) is 12.1 Å². The molecule has 1 unspecified atom stereocenters. The SMILES string of the molecule is CCC(C)c1ccc(S(=O)(=O)N2CCN(C(=O)c3cccc(F)c3F)CC2)cc1. The number of amides is 1. The molecule has 0 bridgehead atoms. The number of nitrogens with zero attached hydrogens (tertiary/aromatic N) is 2. The number of hydrogen-bond acceptors (Lipinski definition) is 3. The van der Waals surface area contributed by atoms with E-state index in [2.05, 4.69) is 13.8 Å². The van der Waals surface area contributed by atoms with Gasteiger partial charge in [0, 0.05) is 26.2 Å². The van der Waals surface area contributed by atoms with Crippen LogP contribution in [0.5, 0.6) is 0 Å². The number of benzene rings is 2. The number of sulfonamides is 1. The Kier molecular flexibility index (Phi) is 6.33. The highest BCUT2D eigenvalue weighted by Crippen LogP contribution is 2.23. The molecular formula is C21H24F2N2O3S. The Morgan fingerprint density at radius 3 is 2.24 bits per heavy atom. The second-order valence-electron chi connectivity index (χ2n) is 7.18. The molecule has 1 amide bonds. The third-order valence-corrected chi connectivity index (χ3v) is 7.32. The van der Waals surface area contributed by atoms with Gasteiger partial charge in [-0.05, 0) is 42.2 Å². The maximum Gasteiger partial charge on any atom is 0.257 e. The Hall–Kier alpha value is -2.32. The molecule has 0 aromatic heterocycles. The minimum atomic E-state index is -3.68. The molecule has 29 heavy (non-hydrogen) atoms. The Balaban J connectivity index is 1.69. The Morgan fingerprint density at radius 1 is 1.03 bits per heavy atom. The van der Waals surface area contributed by atoms with Crippen LogP contribution in [0.1, 0.15) is 42.1 Å². The quantitative estimate of drug-likeness (QED) is 0.740. The van der Waals surface area contributed by atoms with Crippen LogP contribution >= 0.6 is 0 Å². The van der Waals surface area contributed by atoms with Crippen LogP contribution in [0.25, 0.3) is 0 Å². The maximum atomic E-state index is 13.9. The molecular weight excluding hydrogens is 398 g/mol. The Labute approximate surface area is 170 Å². The normalized spacial score (nSPS) is 16.6. The highest BCUT2D eigenvalue weighted by Gasteiger charge is 2.31. The summed E-state index contributed by atoms with van der Waals surface area (Å²) in [5.41, 5.74) is 0.737. The molecule has 0 N–H and O–H groups in total. The fourth-order valence-corrected chi connectivity index (χ4v) is 4.75. The largest absolute Gasteiger partial charge is 0.336 e. The fourth-order valence-electron chi connectivity index (χ4n) is 3.32. The summed E-state index contributed by atoms with van der Waals surface area (Å²) in [6.07, 6.45) is 0.966. The minimum absolute atomic E-state index is 0.0954. The van der Waals surface area contributed by atoms with Crippen LogP contribution in [0.15, 0.2) is 47.4 Å². The predicted octanol–water partition coefficient (Wildman–Crippen LogP) is 3.63. The lowest BCUT2D eigenvalue weighted by Crippen LogP contribution is -2.50. The standard InChI is InChI=1S/C21H24F2N2O3S/c1-3-15(2)16-7-9-17(10-8-16)29(27,28)25-13-11-24(12-14-25)21(26)18-5-4-6-19(22)20(18)23/h4-10,15H,3,11-14H2,1-2H3. The number of rotatable bonds is 5. The zero-order valence-electron chi connectivity index (χ0n) is 16.4. The highest BCUT2D eigenvalue weighted by molar-refractivity contribution is 7.89. The van der Waals surface area contributed by atoms with Crippen LogP contribution in [0, 0.1) is 11.6 Å². The molecule has 0 radical (unpaired) electrons. The summed E-state index contributed by atoms with van der Waals surface area (Å²) in [5.74, 6) is -2.56. The maximum absolute atomic E-state index is 13.9. The summed E-state index contributed by atoms with van der Waals surface area (Å²) < 4.78 is 54.4. The van der Waals surface area contributed by atoms with Crippen LogP contribution in [0.2, 0.25) is 0 Å². The fraction of sp³-hybridized carbons (Fsp3) is 0.381. The molecule has 1 heterocycles. The molecule has 0 saturated carbocycles. The molecule has 156 valence electrons. The first-order chi connectivity index (χ1) is 13.8. The van der Waals surface area contributed by atoms with Crippen LogP contribution < -0.4 is 0 Å².